The number of hydrogen-bond acceptors (Lipinski definition) is 2. The van der Waals surface area contributed by atoms with E-state index in [9.17, 15) is 0 Å². The summed E-state index contributed by atoms with van der Waals surface area (Å²) in [5.41, 5.74) is 8.26. The molecule has 1 atom stereocenters. The second kappa shape index (κ2) is 5.74. The number of nitrogens with two attached hydrogens (primary N) is 1. The van der Waals surface area contributed by atoms with E-state index in [2.05, 4.69) is 12.0 Å². The van der Waals surface area contributed by atoms with Crippen LogP contribution in [0.15, 0.2) is 30.6 Å². The zero-order valence-corrected chi connectivity index (χ0v) is 11.6. The number of benzene rings is 1. The molecule has 2 N–H and O–H groups in total. The highest BCUT2D eigenvalue weighted by Gasteiger charge is 2.10. The van der Waals surface area contributed by atoms with Gasteiger partial charge in [-0.15, -0.1) is 0 Å². The monoisotopic (exact) mass is 283 g/mol. The molecule has 0 aliphatic heterocycles. The van der Waals surface area contributed by atoms with Gasteiger partial charge in [-0.3, -0.25) is 4.68 Å². The molecule has 0 amide bonds. The molecule has 0 bridgehead atoms. The molecule has 0 aliphatic carbocycles. The Balaban J connectivity index is 2.11. The van der Waals surface area contributed by atoms with Crippen LogP contribution in [0.2, 0.25) is 10.0 Å². The highest BCUT2D eigenvalue weighted by atomic mass is 35.5. The molecule has 3 nitrogen and oxygen atoms in total. The summed E-state index contributed by atoms with van der Waals surface area (Å²) in [6, 6.07) is 5.39. The van der Waals surface area contributed by atoms with Crippen molar-refractivity contribution in [3.63, 3.8) is 0 Å². The molecule has 0 fully saturated rings. The van der Waals surface area contributed by atoms with Crippen molar-refractivity contribution in [2.75, 3.05) is 0 Å². The third-order valence-electron chi connectivity index (χ3n) is 2.84. The smallest absolute Gasteiger partial charge is 0.0595 e. The molecule has 5 heteroatoms. The Morgan fingerprint density at radius 1 is 1.33 bits per heavy atom. The lowest BCUT2D eigenvalue weighted by molar-refractivity contribution is 0.657. The Hall–Kier alpha value is -1.03. The minimum Gasteiger partial charge on any atom is -0.324 e. The van der Waals surface area contributed by atoms with Crippen LogP contribution in [0.5, 0.6) is 0 Å². The molecule has 0 radical (unpaired) electrons. The summed E-state index contributed by atoms with van der Waals surface area (Å²) >= 11 is 11.9. The maximum Gasteiger partial charge on any atom is 0.0595 e. The second-order valence-electron chi connectivity index (χ2n) is 4.19. The molecule has 0 saturated heterocycles. The Labute approximate surface area is 117 Å². The predicted octanol–water partition coefficient (Wildman–Crippen LogP) is 3.45. The van der Waals surface area contributed by atoms with Crippen LogP contribution in [-0.2, 0) is 13.0 Å². The molecule has 1 heterocycles. The van der Waals surface area contributed by atoms with Crippen molar-refractivity contribution in [2.24, 2.45) is 5.73 Å². The van der Waals surface area contributed by atoms with Gasteiger partial charge in [0.15, 0.2) is 0 Å². The fourth-order valence-electron chi connectivity index (χ4n) is 1.80. The van der Waals surface area contributed by atoms with Gasteiger partial charge in [-0.05, 0) is 36.6 Å². The molecule has 0 aliphatic rings. The molecule has 1 aromatic heterocycles. The molecule has 0 saturated carbocycles. The summed E-state index contributed by atoms with van der Waals surface area (Å²) in [5.74, 6) is 0. The highest BCUT2D eigenvalue weighted by molar-refractivity contribution is 6.42. The van der Waals surface area contributed by atoms with E-state index in [-0.39, 0.29) is 6.04 Å². The third-order valence-corrected chi connectivity index (χ3v) is 3.58. The van der Waals surface area contributed by atoms with Gasteiger partial charge in [0.2, 0.25) is 0 Å². The number of rotatable bonds is 4. The van der Waals surface area contributed by atoms with Crippen molar-refractivity contribution >= 4 is 23.2 Å². The van der Waals surface area contributed by atoms with Crippen LogP contribution >= 0.6 is 23.2 Å². The van der Waals surface area contributed by atoms with Crippen LogP contribution in [0, 0.1) is 0 Å². The van der Waals surface area contributed by atoms with E-state index in [1.54, 1.807) is 6.07 Å². The maximum atomic E-state index is 6.16. The van der Waals surface area contributed by atoms with Crippen LogP contribution in [-0.4, -0.2) is 9.78 Å². The summed E-state index contributed by atoms with van der Waals surface area (Å²) in [6.07, 6.45) is 4.59. The summed E-state index contributed by atoms with van der Waals surface area (Å²) in [7, 11) is 0. The predicted molar refractivity (Wildman–Crippen MR) is 75.0 cm³/mol. The Kier molecular flexibility index (Phi) is 4.27. The summed E-state index contributed by atoms with van der Waals surface area (Å²) in [5, 5.41) is 5.31. The van der Waals surface area contributed by atoms with E-state index >= 15 is 0 Å². The van der Waals surface area contributed by atoms with Gasteiger partial charge in [0.1, 0.15) is 0 Å². The van der Waals surface area contributed by atoms with E-state index in [4.69, 9.17) is 28.9 Å². The van der Waals surface area contributed by atoms with Crippen LogP contribution in [0.1, 0.15) is 24.1 Å². The largest absolute Gasteiger partial charge is 0.324 e. The maximum absolute atomic E-state index is 6.16. The quantitative estimate of drug-likeness (QED) is 0.934. The summed E-state index contributed by atoms with van der Waals surface area (Å²) < 4.78 is 1.89. The molecular weight excluding hydrogens is 269 g/mol. The lowest BCUT2D eigenvalue weighted by Gasteiger charge is -2.11. The normalized spacial score (nSPS) is 12.7. The van der Waals surface area contributed by atoms with Crippen LogP contribution < -0.4 is 5.73 Å². The first-order valence-corrected chi connectivity index (χ1v) is 6.57. The summed E-state index contributed by atoms with van der Waals surface area (Å²) in [6.45, 7) is 2.91. The second-order valence-corrected chi connectivity index (χ2v) is 5.00. The fraction of sp³-hybridized carbons (Fsp3) is 0.308. The SMILES string of the molecule is CCn1cc(CC(N)c2ccc(Cl)c(Cl)c2)cn1. The first kappa shape index (κ1) is 13.4. The van der Waals surface area contributed by atoms with Crippen LogP contribution in [0.25, 0.3) is 0 Å². The van der Waals surface area contributed by atoms with E-state index in [1.807, 2.05) is 29.2 Å². The lowest BCUT2D eigenvalue weighted by Crippen LogP contribution is -2.13. The molecule has 1 aromatic carbocycles. The number of nitrogens with zero attached hydrogens (tertiary/aromatic N) is 2. The molecule has 2 rings (SSSR count). The first-order chi connectivity index (χ1) is 8.60. The first-order valence-electron chi connectivity index (χ1n) is 5.82. The molecule has 0 spiro atoms. The van der Waals surface area contributed by atoms with E-state index < -0.39 is 0 Å². The molecule has 1 unspecified atom stereocenters. The number of aromatic nitrogens is 2. The number of hydrogen-bond donors (Lipinski definition) is 1. The minimum atomic E-state index is -0.103. The molecule has 96 valence electrons. The molecule has 2 aromatic rings. The van der Waals surface area contributed by atoms with Crippen molar-refractivity contribution in [3.05, 3.63) is 51.8 Å². The fourth-order valence-corrected chi connectivity index (χ4v) is 2.11. The van der Waals surface area contributed by atoms with Gasteiger partial charge in [0, 0.05) is 18.8 Å². The van der Waals surface area contributed by atoms with Gasteiger partial charge in [-0.1, -0.05) is 29.3 Å². The van der Waals surface area contributed by atoms with Crippen LogP contribution in [0.3, 0.4) is 0 Å². The van der Waals surface area contributed by atoms with Crippen molar-refractivity contribution < 1.29 is 0 Å². The average Bonchev–Trinajstić information content (AvgIpc) is 2.80. The molecular formula is C13H15Cl2N3. The lowest BCUT2D eigenvalue weighted by atomic mass is 10.0. The highest BCUT2D eigenvalue weighted by Crippen LogP contribution is 2.26. The topological polar surface area (TPSA) is 43.8 Å². The van der Waals surface area contributed by atoms with Crippen molar-refractivity contribution in [1.29, 1.82) is 0 Å². The van der Waals surface area contributed by atoms with Gasteiger partial charge in [0.25, 0.3) is 0 Å². The number of aryl methyl sites for hydroxylation is 1. The minimum absolute atomic E-state index is 0.103. The Morgan fingerprint density at radius 2 is 2.11 bits per heavy atom. The third kappa shape index (κ3) is 3.05. The van der Waals surface area contributed by atoms with Gasteiger partial charge >= 0.3 is 0 Å². The average molecular weight is 284 g/mol. The summed E-state index contributed by atoms with van der Waals surface area (Å²) in [4.78, 5) is 0. The molecule has 18 heavy (non-hydrogen) atoms. The van der Waals surface area contributed by atoms with Crippen molar-refractivity contribution in [1.82, 2.24) is 9.78 Å². The van der Waals surface area contributed by atoms with Gasteiger partial charge < -0.3 is 5.73 Å². The van der Waals surface area contributed by atoms with Crippen LogP contribution in [0.4, 0.5) is 0 Å². The van der Waals surface area contributed by atoms with E-state index in [0.717, 1.165) is 24.1 Å². The zero-order chi connectivity index (χ0) is 13.1. The standard InChI is InChI=1S/C13H15Cl2N3/c1-2-18-8-9(7-17-18)5-13(16)10-3-4-11(14)12(15)6-10/h3-4,6-8,13H,2,5,16H2,1H3. The van der Waals surface area contributed by atoms with E-state index in [1.165, 1.54) is 0 Å². The van der Waals surface area contributed by atoms with Gasteiger partial charge in [-0.25, -0.2) is 0 Å². The van der Waals surface area contributed by atoms with Crippen molar-refractivity contribution in [3.8, 4) is 0 Å². The van der Waals surface area contributed by atoms with Gasteiger partial charge in [-0.2, -0.15) is 5.10 Å². The zero-order valence-electron chi connectivity index (χ0n) is 10.1. The Bertz CT molecular complexity index is 537. The van der Waals surface area contributed by atoms with Crippen molar-refractivity contribution in [2.45, 2.75) is 25.9 Å². The Morgan fingerprint density at radius 3 is 2.72 bits per heavy atom. The van der Waals surface area contributed by atoms with E-state index in [0.29, 0.717) is 10.0 Å². The number of halogens is 2. The van der Waals surface area contributed by atoms with Gasteiger partial charge in [0.05, 0.1) is 16.2 Å².